The molecular weight excluding hydrogens is 271 g/mol. The summed E-state index contributed by atoms with van der Waals surface area (Å²) in [7, 11) is 3.20. The Kier molecular flexibility index (Phi) is 5.56. The number of benzene rings is 1. The molecular formula is C16H23FN2O2. The first kappa shape index (κ1) is 15.8. The molecule has 0 aliphatic carbocycles. The number of piperidine rings is 1. The second-order valence-electron chi connectivity index (χ2n) is 5.55. The smallest absolute Gasteiger partial charge is 0.256 e. The summed E-state index contributed by atoms with van der Waals surface area (Å²) < 4.78 is 18.9. The molecule has 1 aromatic rings. The van der Waals surface area contributed by atoms with Crippen LogP contribution in [0.1, 0.15) is 29.6 Å². The van der Waals surface area contributed by atoms with Gasteiger partial charge in [0.2, 0.25) is 0 Å². The molecule has 0 aromatic heterocycles. The first-order chi connectivity index (χ1) is 10.1. The molecule has 0 radical (unpaired) electrons. The second kappa shape index (κ2) is 7.41. The zero-order valence-corrected chi connectivity index (χ0v) is 12.7. The fourth-order valence-electron chi connectivity index (χ4n) is 2.65. The van der Waals surface area contributed by atoms with Crippen LogP contribution in [0.15, 0.2) is 18.2 Å². The van der Waals surface area contributed by atoms with Gasteiger partial charge in [-0.05, 0) is 50.4 Å². The minimum absolute atomic E-state index is 0.101. The van der Waals surface area contributed by atoms with Gasteiger partial charge in [-0.2, -0.15) is 0 Å². The number of rotatable bonds is 5. The van der Waals surface area contributed by atoms with Crippen molar-refractivity contribution in [1.82, 2.24) is 10.2 Å². The molecule has 1 aliphatic heterocycles. The molecule has 0 atom stereocenters. The summed E-state index contributed by atoms with van der Waals surface area (Å²) in [6, 6.07) is 4.34. The van der Waals surface area contributed by atoms with Crippen LogP contribution in [0.3, 0.4) is 0 Å². The molecule has 1 heterocycles. The van der Waals surface area contributed by atoms with Crippen molar-refractivity contribution in [3.05, 3.63) is 29.6 Å². The van der Waals surface area contributed by atoms with E-state index < -0.39 is 5.82 Å². The Bertz CT molecular complexity index is 487. The molecule has 1 fully saturated rings. The average Bonchev–Trinajstić information content (AvgIpc) is 2.52. The highest BCUT2D eigenvalue weighted by atomic mass is 19.1. The lowest BCUT2D eigenvalue weighted by Crippen LogP contribution is -2.33. The molecule has 0 spiro atoms. The Morgan fingerprint density at radius 1 is 1.43 bits per heavy atom. The van der Waals surface area contributed by atoms with Gasteiger partial charge in [0.15, 0.2) is 0 Å². The fourth-order valence-corrected chi connectivity index (χ4v) is 2.65. The standard InChI is InChI=1S/C16H23FN2O2/c1-19(10-7-12-5-8-18-9-6-12)16(20)14-4-3-13(21-2)11-15(14)17/h3-4,11-12,18H,5-10H2,1-2H3. The number of amides is 1. The van der Waals surface area contributed by atoms with Gasteiger partial charge in [-0.1, -0.05) is 0 Å². The predicted molar refractivity (Wildman–Crippen MR) is 80.1 cm³/mol. The van der Waals surface area contributed by atoms with Gasteiger partial charge in [-0.3, -0.25) is 4.79 Å². The number of halogens is 1. The van der Waals surface area contributed by atoms with Crippen molar-refractivity contribution in [2.45, 2.75) is 19.3 Å². The maximum atomic E-state index is 13.9. The van der Waals surface area contributed by atoms with Crippen LogP contribution in [0.4, 0.5) is 4.39 Å². The molecule has 4 nitrogen and oxygen atoms in total. The van der Waals surface area contributed by atoms with Crippen LogP contribution >= 0.6 is 0 Å². The minimum atomic E-state index is -0.534. The molecule has 1 aromatic carbocycles. The molecule has 0 saturated carbocycles. The van der Waals surface area contributed by atoms with Gasteiger partial charge in [0.05, 0.1) is 12.7 Å². The number of carbonyl (C=O) groups excluding carboxylic acids is 1. The number of nitrogens with one attached hydrogen (secondary N) is 1. The highest BCUT2D eigenvalue weighted by Gasteiger charge is 2.19. The lowest BCUT2D eigenvalue weighted by Gasteiger charge is -2.25. The summed E-state index contributed by atoms with van der Waals surface area (Å²) in [6.07, 6.45) is 3.28. The van der Waals surface area contributed by atoms with E-state index in [1.54, 1.807) is 18.0 Å². The molecule has 2 rings (SSSR count). The van der Waals surface area contributed by atoms with Crippen molar-refractivity contribution in [3.63, 3.8) is 0 Å². The Hall–Kier alpha value is -1.62. The maximum absolute atomic E-state index is 13.9. The summed E-state index contributed by atoms with van der Waals surface area (Å²) in [5, 5.41) is 3.33. The van der Waals surface area contributed by atoms with E-state index in [1.165, 1.54) is 19.2 Å². The van der Waals surface area contributed by atoms with E-state index in [0.717, 1.165) is 32.4 Å². The van der Waals surface area contributed by atoms with E-state index in [-0.39, 0.29) is 11.5 Å². The van der Waals surface area contributed by atoms with Crippen LogP contribution in [0.2, 0.25) is 0 Å². The van der Waals surface area contributed by atoms with Crippen LogP contribution in [0, 0.1) is 11.7 Å². The van der Waals surface area contributed by atoms with Crippen LogP contribution in [-0.4, -0.2) is 44.6 Å². The fraction of sp³-hybridized carbons (Fsp3) is 0.562. The number of carbonyl (C=O) groups is 1. The van der Waals surface area contributed by atoms with E-state index in [4.69, 9.17) is 4.74 Å². The van der Waals surface area contributed by atoms with Crippen LogP contribution in [0.5, 0.6) is 5.75 Å². The number of nitrogens with zero attached hydrogens (tertiary/aromatic N) is 1. The number of ether oxygens (including phenoxy) is 1. The zero-order chi connectivity index (χ0) is 15.2. The molecule has 5 heteroatoms. The lowest BCUT2D eigenvalue weighted by molar-refractivity contribution is 0.0780. The molecule has 1 saturated heterocycles. The number of hydrogen-bond acceptors (Lipinski definition) is 3. The van der Waals surface area contributed by atoms with Crippen LogP contribution in [-0.2, 0) is 0 Å². The molecule has 116 valence electrons. The highest BCUT2D eigenvalue weighted by molar-refractivity contribution is 5.94. The van der Waals surface area contributed by atoms with Gasteiger partial charge in [0.1, 0.15) is 11.6 Å². The first-order valence-electron chi connectivity index (χ1n) is 7.41. The second-order valence-corrected chi connectivity index (χ2v) is 5.55. The van der Waals surface area contributed by atoms with Gasteiger partial charge < -0.3 is 15.0 Å². The monoisotopic (exact) mass is 294 g/mol. The van der Waals surface area contributed by atoms with Gasteiger partial charge >= 0.3 is 0 Å². The van der Waals surface area contributed by atoms with Crippen molar-refractivity contribution in [2.75, 3.05) is 33.8 Å². The summed E-state index contributed by atoms with van der Waals surface area (Å²) in [6.45, 7) is 2.76. The zero-order valence-electron chi connectivity index (χ0n) is 12.7. The molecule has 1 N–H and O–H groups in total. The van der Waals surface area contributed by atoms with E-state index >= 15 is 0 Å². The van der Waals surface area contributed by atoms with E-state index in [0.29, 0.717) is 18.2 Å². The van der Waals surface area contributed by atoms with Crippen LogP contribution in [0.25, 0.3) is 0 Å². The maximum Gasteiger partial charge on any atom is 0.256 e. The van der Waals surface area contributed by atoms with E-state index in [1.807, 2.05) is 0 Å². The van der Waals surface area contributed by atoms with E-state index in [2.05, 4.69) is 5.32 Å². The molecule has 21 heavy (non-hydrogen) atoms. The minimum Gasteiger partial charge on any atom is -0.497 e. The van der Waals surface area contributed by atoms with Crippen molar-refractivity contribution >= 4 is 5.91 Å². The van der Waals surface area contributed by atoms with E-state index in [9.17, 15) is 9.18 Å². The average molecular weight is 294 g/mol. The topological polar surface area (TPSA) is 41.6 Å². The Morgan fingerprint density at radius 2 is 2.14 bits per heavy atom. The van der Waals surface area contributed by atoms with Gasteiger partial charge in [-0.25, -0.2) is 4.39 Å². The number of hydrogen-bond donors (Lipinski definition) is 1. The Balaban J connectivity index is 1.92. The van der Waals surface area contributed by atoms with Crippen molar-refractivity contribution in [3.8, 4) is 5.75 Å². The normalized spacial score (nSPS) is 15.8. The molecule has 0 bridgehead atoms. The first-order valence-corrected chi connectivity index (χ1v) is 7.41. The highest BCUT2D eigenvalue weighted by Crippen LogP contribution is 2.19. The molecule has 0 unspecified atom stereocenters. The van der Waals surface area contributed by atoms with Crippen LogP contribution < -0.4 is 10.1 Å². The summed E-state index contributed by atoms with van der Waals surface area (Å²) >= 11 is 0. The van der Waals surface area contributed by atoms with Crippen molar-refractivity contribution in [2.24, 2.45) is 5.92 Å². The predicted octanol–water partition coefficient (Wildman–Crippen LogP) is 2.30. The van der Waals surface area contributed by atoms with Gasteiger partial charge in [0, 0.05) is 19.7 Å². The number of methoxy groups -OCH3 is 1. The largest absolute Gasteiger partial charge is 0.497 e. The third-order valence-corrected chi connectivity index (χ3v) is 4.08. The SMILES string of the molecule is COc1ccc(C(=O)N(C)CCC2CCNCC2)c(F)c1. The van der Waals surface area contributed by atoms with Crippen molar-refractivity contribution < 1.29 is 13.9 Å². The third-order valence-electron chi connectivity index (χ3n) is 4.08. The summed E-state index contributed by atoms with van der Waals surface area (Å²) in [5.41, 5.74) is 0.101. The summed E-state index contributed by atoms with van der Waals surface area (Å²) in [5.74, 6) is 0.265. The molecule has 1 aliphatic rings. The van der Waals surface area contributed by atoms with Gasteiger partial charge in [0.25, 0.3) is 5.91 Å². The molecule has 1 amide bonds. The Morgan fingerprint density at radius 3 is 2.76 bits per heavy atom. The summed E-state index contributed by atoms with van der Waals surface area (Å²) in [4.78, 5) is 13.9. The quantitative estimate of drug-likeness (QED) is 0.906. The Labute approximate surface area is 125 Å². The van der Waals surface area contributed by atoms with Gasteiger partial charge in [-0.15, -0.1) is 0 Å². The lowest BCUT2D eigenvalue weighted by atomic mass is 9.94. The van der Waals surface area contributed by atoms with Crippen molar-refractivity contribution in [1.29, 1.82) is 0 Å². The third kappa shape index (κ3) is 4.17.